The Morgan fingerprint density at radius 3 is 0.763 bits per heavy atom. The van der Waals surface area contributed by atoms with Gasteiger partial charge in [0.05, 0.1) is 26.4 Å². The molecule has 3 N–H and O–H groups in total. The highest BCUT2D eigenvalue weighted by molar-refractivity contribution is 7.47. The zero-order valence-electron chi connectivity index (χ0n) is 60.6. The summed E-state index contributed by atoms with van der Waals surface area (Å²) >= 11 is 0. The molecule has 7 atom stereocenters. The van der Waals surface area contributed by atoms with Crippen molar-refractivity contribution in [3.05, 3.63) is 0 Å². The molecule has 0 aromatic rings. The number of hydrogen-bond acceptors (Lipinski definition) is 15. The van der Waals surface area contributed by atoms with Gasteiger partial charge in [0.1, 0.15) is 19.3 Å². The van der Waals surface area contributed by atoms with E-state index in [1.165, 1.54) is 193 Å². The molecule has 0 aliphatic carbocycles. The van der Waals surface area contributed by atoms with Gasteiger partial charge in [-0.1, -0.05) is 330 Å². The Bertz CT molecular complexity index is 1810. The highest BCUT2D eigenvalue weighted by Gasteiger charge is 2.30. The summed E-state index contributed by atoms with van der Waals surface area (Å²) in [7, 11) is -9.91. The molecule has 0 rings (SSSR count). The average Bonchev–Trinajstić information content (AvgIpc) is 2.29. The van der Waals surface area contributed by atoms with Gasteiger partial charge in [-0.3, -0.25) is 37.3 Å². The molecule has 0 saturated carbocycles. The number of unbranched alkanes of at least 4 members (excludes halogenated alkanes) is 41. The van der Waals surface area contributed by atoms with Crippen LogP contribution < -0.4 is 0 Å². The normalized spacial score (nSPS) is 14.6. The van der Waals surface area contributed by atoms with Crippen LogP contribution in [-0.4, -0.2) is 96.7 Å². The summed E-state index contributed by atoms with van der Waals surface area (Å²) in [6.07, 6.45) is 52.6. The number of rotatable bonds is 73. The number of esters is 4. The Hall–Kier alpha value is -1.94. The molecular weight excluding hydrogens is 1220 g/mol. The predicted octanol–water partition coefficient (Wildman–Crippen LogP) is 21.6. The zero-order chi connectivity index (χ0) is 68.6. The molecule has 4 unspecified atom stereocenters. The van der Waals surface area contributed by atoms with E-state index in [9.17, 15) is 43.2 Å². The summed E-state index contributed by atoms with van der Waals surface area (Å²) in [6.45, 7) is 9.59. The van der Waals surface area contributed by atoms with Crippen LogP contribution in [0.4, 0.5) is 0 Å². The fourth-order valence-corrected chi connectivity index (χ4v) is 12.8. The van der Waals surface area contributed by atoms with Crippen LogP contribution in [0.1, 0.15) is 382 Å². The first-order valence-electron chi connectivity index (χ1n) is 38.6. The molecule has 0 aliphatic rings. The Labute approximate surface area is 568 Å². The molecule has 0 bridgehead atoms. The average molecular weight is 1370 g/mol. The van der Waals surface area contributed by atoms with Crippen LogP contribution in [0.25, 0.3) is 0 Å². The SMILES string of the molecule is CCCCCCCCCCCCCCCCC(=O)OC[C@H](COP(=O)(O)OC[C@@H](O)COP(=O)(O)OC[C@@H](COC(=O)CCCCCCCCC(C)CC)OC(=O)CCCCCCCCCCCCC)OC(=O)CCCCCCCCCCCCCCCCC(C)CC. The lowest BCUT2D eigenvalue weighted by molar-refractivity contribution is -0.161. The minimum Gasteiger partial charge on any atom is -0.462 e. The zero-order valence-corrected chi connectivity index (χ0v) is 62.3. The van der Waals surface area contributed by atoms with Gasteiger partial charge in [-0.2, -0.15) is 0 Å². The molecule has 17 nitrogen and oxygen atoms in total. The van der Waals surface area contributed by atoms with E-state index >= 15 is 0 Å². The third-order valence-electron chi connectivity index (χ3n) is 17.9. The number of phosphoric ester groups is 2. The van der Waals surface area contributed by atoms with E-state index in [4.69, 9.17) is 37.0 Å². The van der Waals surface area contributed by atoms with Crippen molar-refractivity contribution >= 4 is 39.5 Å². The molecule has 0 heterocycles. The fourth-order valence-electron chi connectivity index (χ4n) is 11.2. The van der Waals surface area contributed by atoms with E-state index in [2.05, 4.69) is 41.5 Å². The minimum atomic E-state index is -4.96. The molecule has 0 saturated heterocycles. The summed E-state index contributed by atoms with van der Waals surface area (Å²) in [5.74, 6) is -0.541. The van der Waals surface area contributed by atoms with Gasteiger partial charge in [0, 0.05) is 25.7 Å². The Balaban J connectivity index is 5.24. The van der Waals surface area contributed by atoms with Crippen molar-refractivity contribution in [3.8, 4) is 0 Å². The van der Waals surface area contributed by atoms with E-state index < -0.39 is 97.5 Å². The van der Waals surface area contributed by atoms with Gasteiger partial charge in [-0.05, 0) is 37.5 Å². The maximum Gasteiger partial charge on any atom is 0.472 e. The second kappa shape index (κ2) is 66.0. The van der Waals surface area contributed by atoms with Crippen LogP contribution >= 0.6 is 15.6 Å². The second-order valence-corrected chi connectivity index (χ2v) is 30.1. The molecule has 19 heteroatoms. The Morgan fingerprint density at radius 2 is 0.516 bits per heavy atom. The lowest BCUT2D eigenvalue weighted by Crippen LogP contribution is -2.30. The van der Waals surface area contributed by atoms with Gasteiger partial charge in [-0.15, -0.1) is 0 Å². The number of ether oxygens (including phenoxy) is 4. The summed E-state index contributed by atoms with van der Waals surface area (Å²) in [5.41, 5.74) is 0. The van der Waals surface area contributed by atoms with Crippen molar-refractivity contribution in [2.45, 2.75) is 400 Å². The smallest absolute Gasteiger partial charge is 0.462 e. The summed E-state index contributed by atoms with van der Waals surface area (Å²) in [6, 6.07) is 0. The minimum absolute atomic E-state index is 0.106. The first-order chi connectivity index (χ1) is 44.9. The topological polar surface area (TPSA) is 237 Å². The lowest BCUT2D eigenvalue weighted by atomic mass is 9.99. The maximum atomic E-state index is 13.1. The fraction of sp³-hybridized carbons (Fsp3) is 0.946. The monoisotopic (exact) mass is 1370 g/mol. The van der Waals surface area contributed by atoms with E-state index in [0.29, 0.717) is 25.7 Å². The molecule has 552 valence electrons. The van der Waals surface area contributed by atoms with E-state index in [-0.39, 0.29) is 25.7 Å². The lowest BCUT2D eigenvalue weighted by Gasteiger charge is -2.21. The number of phosphoric acid groups is 2. The molecule has 0 radical (unpaired) electrons. The molecule has 0 amide bonds. The third-order valence-corrected chi connectivity index (χ3v) is 19.8. The van der Waals surface area contributed by atoms with Gasteiger partial charge in [0.2, 0.25) is 0 Å². The summed E-state index contributed by atoms with van der Waals surface area (Å²) in [4.78, 5) is 72.7. The van der Waals surface area contributed by atoms with Crippen LogP contribution in [0.2, 0.25) is 0 Å². The van der Waals surface area contributed by atoms with Crippen molar-refractivity contribution in [1.82, 2.24) is 0 Å². The maximum absolute atomic E-state index is 13.1. The molecule has 0 aromatic carbocycles. The van der Waals surface area contributed by atoms with Crippen molar-refractivity contribution < 1.29 is 80.2 Å². The Morgan fingerprint density at radius 1 is 0.301 bits per heavy atom. The standard InChI is InChI=1S/C74H144O17P2/c1-7-11-13-15-17-19-21-22-26-30-33-37-44-50-56-71(76)84-62-69(90-74(79)59-53-47-39-35-31-27-24-23-25-29-32-36-42-48-54-66(5)9-3)64-88-92(80,81)86-60-68(75)61-87-93(82,83)89-65-70(63-85-72(77)57-51-45-41-40-43-49-55-67(6)10-4)91-73(78)58-52-46-38-34-28-20-18-16-14-12-8-2/h66-70,75H,7-65H2,1-6H3,(H,80,81)(H,82,83)/t66?,67?,68-,69-,70-/m1/s1. The van der Waals surface area contributed by atoms with Crippen molar-refractivity contribution in [2.75, 3.05) is 39.6 Å². The van der Waals surface area contributed by atoms with Gasteiger partial charge < -0.3 is 33.8 Å². The summed E-state index contributed by atoms with van der Waals surface area (Å²) in [5, 5.41) is 10.6. The first kappa shape index (κ1) is 91.1. The summed E-state index contributed by atoms with van der Waals surface area (Å²) < 4.78 is 68.4. The van der Waals surface area contributed by atoms with E-state index in [0.717, 1.165) is 108 Å². The van der Waals surface area contributed by atoms with Crippen LogP contribution in [0, 0.1) is 11.8 Å². The Kier molecular flexibility index (Phi) is 64.6. The van der Waals surface area contributed by atoms with Gasteiger partial charge >= 0.3 is 39.5 Å². The van der Waals surface area contributed by atoms with Gasteiger partial charge in [0.25, 0.3) is 0 Å². The van der Waals surface area contributed by atoms with Gasteiger partial charge in [0.15, 0.2) is 12.2 Å². The quantitative estimate of drug-likeness (QED) is 0.0222. The van der Waals surface area contributed by atoms with Crippen molar-refractivity contribution in [3.63, 3.8) is 0 Å². The molecule has 0 aliphatic heterocycles. The van der Waals surface area contributed by atoms with Crippen LogP contribution in [0.5, 0.6) is 0 Å². The van der Waals surface area contributed by atoms with Crippen LogP contribution in [-0.2, 0) is 65.4 Å². The molecule has 0 aromatic heterocycles. The van der Waals surface area contributed by atoms with Crippen LogP contribution in [0.15, 0.2) is 0 Å². The molecule has 93 heavy (non-hydrogen) atoms. The molecular formula is C74H144O17P2. The first-order valence-corrected chi connectivity index (χ1v) is 41.6. The molecule has 0 spiro atoms. The highest BCUT2D eigenvalue weighted by Crippen LogP contribution is 2.45. The van der Waals surface area contributed by atoms with Crippen LogP contribution in [0.3, 0.4) is 0 Å². The van der Waals surface area contributed by atoms with Crippen molar-refractivity contribution in [2.24, 2.45) is 11.8 Å². The van der Waals surface area contributed by atoms with E-state index in [1.54, 1.807) is 0 Å². The number of aliphatic hydroxyl groups excluding tert-OH is 1. The molecule has 0 fully saturated rings. The number of hydrogen-bond donors (Lipinski definition) is 3. The number of carbonyl (C=O) groups is 4. The number of carbonyl (C=O) groups excluding carboxylic acids is 4. The van der Waals surface area contributed by atoms with Crippen molar-refractivity contribution in [1.29, 1.82) is 0 Å². The number of aliphatic hydroxyl groups is 1. The largest absolute Gasteiger partial charge is 0.472 e. The van der Waals surface area contributed by atoms with Gasteiger partial charge in [-0.25, -0.2) is 9.13 Å². The second-order valence-electron chi connectivity index (χ2n) is 27.2. The third kappa shape index (κ3) is 65.8. The predicted molar refractivity (Wildman–Crippen MR) is 377 cm³/mol. The highest BCUT2D eigenvalue weighted by atomic mass is 31.2. The van der Waals surface area contributed by atoms with E-state index in [1.807, 2.05) is 0 Å².